The molecule has 2 aromatic carbocycles. The molecule has 11 nitrogen and oxygen atoms in total. The molecule has 0 spiro atoms. The van der Waals surface area contributed by atoms with E-state index in [9.17, 15) is 18.9 Å². The molecule has 41 heavy (non-hydrogen) atoms. The van der Waals surface area contributed by atoms with Crippen molar-refractivity contribution >= 4 is 25.5 Å². The number of amides is 3. The molecule has 3 unspecified atom stereocenters. The van der Waals surface area contributed by atoms with Crippen molar-refractivity contribution in [3.63, 3.8) is 0 Å². The summed E-state index contributed by atoms with van der Waals surface area (Å²) in [5.74, 6) is -0.493. The van der Waals surface area contributed by atoms with Gasteiger partial charge in [-0.25, -0.2) is 4.57 Å². The normalized spacial score (nSPS) is 16.2. The van der Waals surface area contributed by atoms with Crippen LogP contribution in [-0.4, -0.2) is 39.7 Å². The van der Waals surface area contributed by atoms with E-state index in [1.165, 1.54) is 51.2 Å². The summed E-state index contributed by atoms with van der Waals surface area (Å²) in [6.45, 7) is 5.05. The van der Waals surface area contributed by atoms with E-state index < -0.39 is 37.6 Å². The molecule has 1 fully saturated rings. The van der Waals surface area contributed by atoms with E-state index in [0.29, 0.717) is 22.8 Å². The minimum Gasteiger partial charge on any atom is -0.490 e. The maximum Gasteiger partial charge on any atom is 0.524 e. The quantitative estimate of drug-likeness (QED) is 0.218. The average molecular weight is 590 g/mol. The number of rotatable bonds is 13. The smallest absolute Gasteiger partial charge is 0.490 e. The molecule has 1 aliphatic carbocycles. The second kappa shape index (κ2) is 14.5. The van der Waals surface area contributed by atoms with Crippen LogP contribution in [0.5, 0.6) is 11.5 Å². The zero-order chi connectivity index (χ0) is 30.2. The first-order valence-corrected chi connectivity index (χ1v) is 15.4. The van der Waals surface area contributed by atoms with Crippen molar-refractivity contribution in [2.24, 2.45) is 11.7 Å². The highest BCUT2D eigenvalue weighted by atomic mass is 31.2. The van der Waals surface area contributed by atoms with Gasteiger partial charge in [-0.15, -0.1) is 0 Å². The van der Waals surface area contributed by atoms with Crippen LogP contribution < -0.4 is 25.6 Å². The van der Waals surface area contributed by atoms with Gasteiger partial charge in [0, 0.05) is 13.3 Å². The summed E-state index contributed by atoms with van der Waals surface area (Å²) in [5, 5.41) is 5.50. The minimum atomic E-state index is -4.70. The van der Waals surface area contributed by atoms with Gasteiger partial charge in [0.25, 0.3) is 5.91 Å². The van der Waals surface area contributed by atoms with Gasteiger partial charge < -0.3 is 25.6 Å². The van der Waals surface area contributed by atoms with Gasteiger partial charge in [-0.05, 0) is 61.6 Å². The number of phosphoric ester groups is 1. The van der Waals surface area contributed by atoms with Crippen LogP contribution in [0.2, 0.25) is 0 Å². The molecular formula is C29H40N3O8P. The Morgan fingerprint density at radius 1 is 1.02 bits per heavy atom. The Kier molecular flexibility index (Phi) is 11.3. The van der Waals surface area contributed by atoms with Crippen LogP contribution in [0.3, 0.4) is 0 Å². The Labute approximate surface area is 240 Å². The molecule has 0 saturated heterocycles. The highest BCUT2D eigenvalue weighted by molar-refractivity contribution is 7.46. The van der Waals surface area contributed by atoms with Crippen molar-refractivity contribution in [3.8, 4) is 11.5 Å². The van der Waals surface area contributed by atoms with Crippen molar-refractivity contribution in [1.29, 1.82) is 0 Å². The zero-order valence-corrected chi connectivity index (χ0v) is 24.6. The maximum absolute atomic E-state index is 13.2. The van der Waals surface area contributed by atoms with Crippen molar-refractivity contribution in [2.45, 2.75) is 83.9 Å². The molecule has 0 aromatic heterocycles. The molecular weight excluding hydrogens is 549 g/mol. The second-order valence-electron chi connectivity index (χ2n) is 10.7. The molecule has 1 saturated carbocycles. The molecule has 2 aromatic rings. The predicted molar refractivity (Wildman–Crippen MR) is 153 cm³/mol. The first-order valence-electron chi connectivity index (χ1n) is 13.8. The Bertz CT molecular complexity index is 1260. The monoisotopic (exact) mass is 589 g/mol. The third-order valence-corrected chi connectivity index (χ3v) is 7.58. The number of hydrogen-bond donors (Lipinski definition) is 5. The average Bonchev–Trinajstić information content (AvgIpc) is 2.88. The zero-order valence-electron chi connectivity index (χ0n) is 23.7. The number of hydrogen-bond acceptors (Lipinski definition) is 6. The molecule has 0 radical (unpaired) electrons. The predicted octanol–water partition coefficient (Wildman–Crippen LogP) is 3.92. The van der Waals surface area contributed by atoms with Crippen molar-refractivity contribution in [2.75, 3.05) is 0 Å². The van der Waals surface area contributed by atoms with Gasteiger partial charge >= 0.3 is 7.82 Å². The molecule has 3 rings (SSSR count). The van der Waals surface area contributed by atoms with Crippen LogP contribution in [0, 0.1) is 5.92 Å². The van der Waals surface area contributed by atoms with E-state index in [-0.39, 0.29) is 23.8 Å². The van der Waals surface area contributed by atoms with Crippen molar-refractivity contribution < 1.29 is 38.0 Å². The first kappa shape index (κ1) is 32.1. The summed E-state index contributed by atoms with van der Waals surface area (Å²) >= 11 is 0. The molecule has 0 bridgehead atoms. The largest absolute Gasteiger partial charge is 0.524 e. The fourth-order valence-electron chi connectivity index (χ4n) is 5.18. The van der Waals surface area contributed by atoms with E-state index >= 15 is 0 Å². The lowest BCUT2D eigenvalue weighted by molar-refractivity contribution is -0.128. The van der Waals surface area contributed by atoms with Gasteiger partial charge in [0.1, 0.15) is 17.5 Å². The van der Waals surface area contributed by atoms with E-state index in [1.54, 1.807) is 37.3 Å². The van der Waals surface area contributed by atoms with Gasteiger partial charge in [0.2, 0.25) is 11.8 Å². The van der Waals surface area contributed by atoms with Crippen molar-refractivity contribution in [1.82, 2.24) is 10.6 Å². The molecule has 224 valence electrons. The lowest BCUT2D eigenvalue weighted by Crippen LogP contribution is -2.48. The number of benzene rings is 2. The van der Waals surface area contributed by atoms with Gasteiger partial charge in [0.05, 0.1) is 17.7 Å². The summed E-state index contributed by atoms with van der Waals surface area (Å²) in [6.07, 6.45) is 7.11. The number of nitrogens with one attached hydrogen (secondary N) is 2. The molecule has 3 amide bonds. The van der Waals surface area contributed by atoms with Gasteiger partial charge in [-0.3, -0.25) is 24.2 Å². The van der Waals surface area contributed by atoms with E-state index in [0.717, 1.165) is 6.42 Å². The minimum absolute atomic E-state index is 0.0303. The van der Waals surface area contributed by atoms with E-state index in [1.807, 2.05) is 6.92 Å². The third-order valence-electron chi connectivity index (χ3n) is 7.13. The van der Waals surface area contributed by atoms with Crippen LogP contribution in [0.1, 0.15) is 86.8 Å². The van der Waals surface area contributed by atoms with Crippen LogP contribution in [-0.2, 0) is 20.6 Å². The Hall–Kier alpha value is -3.40. The van der Waals surface area contributed by atoms with Gasteiger partial charge in [-0.1, -0.05) is 50.3 Å². The van der Waals surface area contributed by atoms with Crippen molar-refractivity contribution in [3.05, 3.63) is 59.2 Å². The molecule has 0 heterocycles. The Morgan fingerprint density at radius 3 is 2.27 bits per heavy atom. The number of carbonyl (C=O) groups excluding carboxylic acids is 3. The molecule has 3 atom stereocenters. The lowest BCUT2D eigenvalue weighted by atomic mass is 9.85. The number of nitrogens with two attached hydrogens (primary N) is 1. The lowest BCUT2D eigenvalue weighted by Gasteiger charge is -2.26. The molecule has 12 heteroatoms. The number of primary amides is 1. The highest BCUT2D eigenvalue weighted by Crippen LogP contribution is 2.37. The van der Waals surface area contributed by atoms with Crippen LogP contribution in [0.25, 0.3) is 0 Å². The second-order valence-corrected chi connectivity index (χ2v) is 11.9. The van der Waals surface area contributed by atoms with Crippen LogP contribution in [0.4, 0.5) is 0 Å². The fraction of sp³-hybridized carbons (Fsp3) is 0.483. The highest BCUT2D eigenvalue weighted by Gasteiger charge is 2.24. The SMILES string of the molecule is CC(=O)NC(Cc1ccc(OP(=O)(O)O)cc1)C(=O)NC(C)c1ccc(OC(C)CC2CCCCC2)c(C(N)=O)c1. The van der Waals surface area contributed by atoms with Crippen LogP contribution in [0.15, 0.2) is 42.5 Å². The summed E-state index contributed by atoms with van der Waals surface area (Å²) in [5.41, 5.74) is 7.17. The number of carbonyl (C=O) groups is 3. The first-order chi connectivity index (χ1) is 19.3. The Morgan fingerprint density at radius 2 is 1.68 bits per heavy atom. The maximum atomic E-state index is 13.2. The summed E-state index contributed by atoms with van der Waals surface area (Å²) < 4.78 is 21.7. The summed E-state index contributed by atoms with van der Waals surface area (Å²) in [6, 6.07) is 9.45. The third kappa shape index (κ3) is 10.5. The van der Waals surface area contributed by atoms with E-state index in [4.69, 9.17) is 20.3 Å². The van der Waals surface area contributed by atoms with Gasteiger partial charge in [0.15, 0.2) is 0 Å². The van der Waals surface area contributed by atoms with E-state index in [2.05, 4.69) is 15.2 Å². The molecule has 6 N–H and O–H groups in total. The standard InChI is InChI=1S/C29H40N3O8P/c1-18(15-21-7-5-4-6-8-21)39-27-14-11-23(17-25(27)28(30)34)19(2)31-29(35)26(32-20(3)33)16-22-9-12-24(13-10-22)40-41(36,37)38/h9-14,17-19,21,26H,4-8,15-16H2,1-3H3,(H2,30,34)(H,31,35)(H,32,33)(H2,36,37,38). The topological polar surface area (TPSA) is 177 Å². The molecule has 0 aliphatic heterocycles. The van der Waals surface area contributed by atoms with Crippen LogP contribution >= 0.6 is 7.82 Å². The molecule has 1 aliphatic rings. The number of phosphoric acid groups is 1. The fourth-order valence-corrected chi connectivity index (χ4v) is 5.58. The number of ether oxygens (including phenoxy) is 1. The summed E-state index contributed by atoms with van der Waals surface area (Å²) in [4.78, 5) is 55.2. The Balaban J connectivity index is 1.68. The van der Waals surface area contributed by atoms with Gasteiger partial charge in [-0.2, -0.15) is 0 Å². The summed E-state index contributed by atoms with van der Waals surface area (Å²) in [7, 11) is -4.70.